The molecule has 0 unspecified atom stereocenters. The maximum Gasteiger partial charge on any atom is 0.433 e. The van der Waals surface area contributed by atoms with Crippen molar-refractivity contribution in [3.05, 3.63) is 53.7 Å². The molecular weight excluding hydrogens is 395 g/mol. The molecule has 27 heavy (non-hydrogen) atoms. The summed E-state index contributed by atoms with van der Waals surface area (Å²) in [4.78, 5) is 14.5. The van der Waals surface area contributed by atoms with Crippen LogP contribution in [0.5, 0.6) is 0 Å². The van der Waals surface area contributed by atoms with Gasteiger partial charge in [-0.05, 0) is 44.2 Å². The number of nitrogens with zero attached hydrogens (tertiary/aromatic N) is 1. The van der Waals surface area contributed by atoms with Gasteiger partial charge in [-0.2, -0.15) is 13.2 Å². The molecule has 0 atom stereocenters. The van der Waals surface area contributed by atoms with E-state index in [4.69, 9.17) is 0 Å². The zero-order valence-corrected chi connectivity index (χ0v) is 14.8. The molecule has 0 aliphatic carbocycles. The lowest BCUT2D eigenvalue weighted by Crippen LogP contribution is -2.45. The Labute approximate surface area is 151 Å². The standard InChI is InChI=1S/C16H13F5N2O3S/c1-15(2,27(25,26)11-8-9(17)6-7-10(11)18)14(24)23-13-5-3-4-12(22-13)16(19,20)21/h3-8H,1-2H3,(H,22,23,24). The summed E-state index contributed by atoms with van der Waals surface area (Å²) >= 11 is 0. The molecule has 11 heteroatoms. The summed E-state index contributed by atoms with van der Waals surface area (Å²) in [6, 6.07) is 4.37. The molecule has 0 aliphatic rings. The Bertz CT molecular complexity index is 988. The van der Waals surface area contributed by atoms with Crippen LogP contribution in [0.4, 0.5) is 27.8 Å². The Morgan fingerprint density at radius 1 is 1.07 bits per heavy atom. The Morgan fingerprint density at radius 3 is 2.30 bits per heavy atom. The lowest BCUT2D eigenvalue weighted by atomic mass is 10.2. The van der Waals surface area contributed by atoms with Crippen molar-refractivity contribution in [2.24, 2.45) is 0 Å². The molecule has 1 aromatic heterocycles. The highest BCUT2D eigenvalue weighted by Crippen LogP contribution is 2.31. The maximum atomic E-state index is 13.9. The number of carbonyl (C=O) groups excluding carboxylic acids is 1. The first-order chi connectivity index (χ1) is 12.3. The Morgan fingerprint density at radius 2 is 1.70 bits per heavy atom. The zero-order chi connectivity index (χ0) is 20.6. The van der Waals surface area contributed by atoms with E-state index in [1.165, 1.54) is 0 Å². The SMILES string of the molecule is CC(C)(C(=O)Nc1cccc(C(F)(F)F)n1)S(=O)(=O)c1cc(F)ccc1F. The van der Waals surface area contributed by atoms with Crippen molar-refractivity contribution in [2.75, 3.05) is 5.32 Å². The van der Waals surface area contributed by atoms with Crippen LogP contribution < -0.4 is 5.32 Å². The van der Waals surface area contributed by atoms with E-state index >= 15 is 0 Å². The highest BCUT2D eigenvalue weighted by molar-refractivity contribution is 7.93. The molecule has 0 spiro atoms. The van der Waals surface area contributed by atoms with Gasteiger partial charge in [0.05, 0.1) is 0 Å². The Kier molecular flexibility index (Phi) is 5.28. The van der Waals surface area contributed by atoms with Gasteiger partial charge in [-0.3, -0.25) is 4.79 Å². The lowest BCUT2D eigenvalue weighted by molar-refractivity contribution is -0.141. The maximum absolute atomic E-state index is 13.9. The van der Waals surface area contributed by atoms with Gasteiger partial charge in [0.25, 0.3) is 0 Å². The predicted molar refractivity (Wildman–Crippen MR) is 85.5 cm³/mol. The summed E-state index contributed by atoms with van der Waals surface area (Å²) in [6.45, 7) is 1.82. The predicted octanol–water partition coefficient (Wildman–Crippen LogP) is 3.57. The fraction of sp³-hybridized carbons (Fsp3) is 0.250. The second kappa shape index (κ2) is 6.87. The number of sulfone groups is 1. The second-order valence-corrected chi connectivity index (χ2v) is 8.42. The molecule has 0 saturated heterocycles. The van der Waals surface area contributed by atoms with Gasteiger partial charge < -0.3 is 5.32 Å². The number of hydrogen-bond donors (Lipinski definition) is 1. The van der Waals surface area contributed by atoms with Gasteiger partial charge in [-0.15, -0.1) is 0 Å². The molecule has 0 aliphatic heterocycles. The smallest absolute Gasteiger partial charge is 0.309 e. The van der Waals surface area contributed by atoms with Gasteiger partial charge in [0, 0.05) is 0 Å². The molecule has 1 amide bonds. The van der Waals surface area contributed by atoms with Crippen LogP contribution >= 0.6 is 0 Å². The van der Waals surface area contributed by atoms with Crippen LogP contribution in [0.2, 0.25) is 0 Å². The quantitative estimate of drug-likeness (QED) is 0.785. The van der Waals surface area contributed by atoms with Gasteiger partial charge in [-0.25, -0.2) is 22.2 Å². The van der Waals surface area contributed by atoms with E-state index in [1.807, 2.05) is 5.32 Å². The van der Waals surface area contributed by atoms with Crippen LogP contribution in [-0.4, -0.2) is 24.1 Å². The Hall–Kier alpha value is -2.56. The fourth-order valence-electron chi connectivity index (χ4n) is 2.01. The van der Waals surface area contributed by atoms with Crippen LogP contribution in [-0.2, 0) is 20.8 Å². The van der Waals surface area contributed by atoms with Crippen LogP contribution in [0.15, 0.2) is 41.3 Å². The number of amides is 1. The third-order valence-corrected chi connectivity index (χ3v) is 6.10. The summed E-state index contributed by atoms with van der Waals surface area (Å²) in [5.41, 5.74) is -1.29. The Balaban J connectivity index is 2.39. The first-order valence-electron chi connectivity index (χ1n) is 7.32. The van der Waals surface area contributed by atoms with Gasteiger partial charge in [0.2, 0.25) is 5.91 Å². The van der Waals surface area contributed by atoms with E-state index in [0.29, 0.717) is 24.3 Å². The monoisotopic (exact) mass is 408 g/mol. The highest BCUT2D eigenvalue weighted by atomic mass is 32.2. The molecule has 2 aromatic rings. The van der Waals surface area contributed by atoms with Gasteiger partial charge in [0.1, 0.15) is 32.8 Å². The van der Waals surface area contributed by atoms with Crippen molar-refractivity contribution in [3.63, 3.8) is 0 Å². The molecule has 0 fully saturated rings. The summed E-state index contributed by atoms with van der Waals surface area (Å²) < 4.78 is 88.1. The molecule has 5 nitrogen and oxygen atoms in total. The molecule has 146 valence electrons. The first-order valence-corrected chi connectivity index (χ1v) is 8.80. The van der Waals surface area contributed by atoms with Gasteiger partial charge in [0.15, 0.2) is 9.84 Å². The molecule has 0 bridgehead atoms. The molecular formula is C16H13F5N2O3S. The molecule has 0 saturated carbocycles. The summed E-state index contributed by atoms with van der Waals surface area (Å²) in [7, 11) is -4.73. The number of aromatic nitrogens is 1. The fourth-order valence-corrected chi connectivity index (χ4v) is 3.45. The number of alkyl halides is 3. The molecule has 1 aromatic carbocycles. The topological polar surface area (TPSA) is 76.1 Å². The third kappa shape index (κ3) is 4.07. The minimum atomic E-state index is -4.77. The van der Waals surface area contributed by atoms with Crippen molar-refractivity contribution in [2.45, 2.75) is 29.7 Å². The summed E-state index contributed by atoms with van der Waals surface area (Å²) in [6.07, 6.45) is -4.77. The minimum absolute atomic E-state index is 0.419. The molecule has 2 rings (SSSR count). The number of anilines is 1. The highest BCUT2D eigenvalue weighted by Gasteiger charge is 2.44. The van der Waals surface area contributed by atoms with E-state index < -0.39 is 54.7 Å². The number of benzene rings is 1. The van der Waals surface area contributed by atoms with Crippen LogP contribution in [0.3, 0.4) is 0 Å². The third-order valence-electron chi connectivity index (χ3n) is 3.68. The molecule has 1 N–H and O–H groups in total. The van der Waals surface area contributed by atoms with E-state index in [9.17, 15) is 35.2 Å². The largest absolute Gasteiger partial charge is 0.433 e. The van der Waals surface area contributed by atoms with E-state index in [2.05, 4.69) is 4.98 Å². The average Bonchev–Trinajstić information content (AvgIpc) is 2.56. The molecule has 1 heterocycles. The van der Waals surface area contributed by atoms with Crippen molar-refractivity contribution in [3.8, 4) is 0 Å². The van der Waals surface area contributed by atoms with Crippen molar-refractivity contribution in [1.29, 1.82) is 0 Å². The van der Waals surface area contributed by atoms with E-state index in [-0.39, 0.29) is 0 Å². The summed E-state index contributed by atoms with van der Waals surface area (Å²) in [5.74, 6) is -4.11. The number of pyridine rings is 1. The van der Waals surface area contributed by atoms with Gasteiger partial charge >= 0.3 is 6.18 Å². The normalized spacial score (nSPS) is 12.7. The number of nitrogens with one attached hydrogen (secondary N) is 1. The zero-order valence-electron chi connectivity index (χ0n) is 13.9. The van der Waals surface area contributed by atoms with E-state index in [0.717, 1.165) is 26.0 Å². The van der Waals surface area contributed by atoms with Crippen molar-refractivity contribution >= 4 is 21.6 Å². The lowest BCUT2D eigenvalue weighted by Gasteiger charge is -2.24. The number of rotatable bonds is 4. The number of hydrogen-bond acceptors (Lipinski definition) is 4. The van der Waals surface area contributed by atoms with Gasteiger partial charge in [-0.1, -0.05) is 6.07 Å². The van der Waals surface area contributed by atoms with Crippen LogP contribution in [0, 0.1) is 11.6 Å². The summed E-state index contributed by atoms with van der Waals surface area (Å²) in [5, 5.41) is 1.96. The number of carbonyl (C=O) groups is 1. The van der Waals surface area contributed by atoms with Crippen molar-refractivity contribution in [1.82, 2.24) is 4.98 Å². The second-order valence-electron chi connectivity index (χ2n) is 5.95. The molecule has 0 radical (unpaired) electrons. The van der Waals surface area contributed by atoms with E-state index in [1.54, 1.807) is 0 Å². The minimum Gasteiger partial charge on any atom is -0.309 e. The van der Waals surface area contributed by atoms with Crippen LogP contribution in [0.1, 0.15) is 19.5 Å². The van der Waals surface area contributed by atoms with Crippen LogP contribution in [0.25, 0.3) is 0 Å². The first kappa shape index (κ1) is 20.7. The average molecular weight is 408 g/mol. The number of halogens is 5. The van der Waals surface area contributed by atoms with Crippen molar-refractivity contribution < 1.29 is 35.2 Å².